The summed E-state index contributed by atoms with van der Waals surface area (Å²) in [5, 5.41) is 0. The number of benzene rings is 3. The number of hydrogen-bond donors (Lipinski definition) is 0. The molecule has 0 aromatic heterocycles. The number of allylic oxidation sites excluding steroid dienone is 3. The third-order valence-corrected chi connectivity index (χ3v) is 7.95. The molecule has 4 rings (SSSR count). The zero-order chi connectivity index (χ0) is 26.4. The Kier molecular flexibility index (Phi) is 8.55. The third-order valence-electron chi connectivity index (χ3n) is 6.78. The lowest BCUT2D eigenvalue weighted by molar-refractivity contribution is -0.142. The first-order valence-corrected chi connectivity index (χ1v) is 13.5. The fourth-order valence-corrected chi connectivity index (χ4v) is 5.76. The standard InChI is InChI=1S/C32H33FO3S/c1-5-19-32(33,22(2)3)26-15-13-25(14-16-26)24-11-9-23(10-12-24)21-37-30-18-17-29(36-20-31(34)35-4)27-7-6-8-28(27)30/h5,9-19H,2,6-8,20-21H2,1,3-4H3/b19-5+. The highest BCUT2D eigenvalue weighted by Gasteiger charge is 2.29. The van der Waals surface area contributed by atoms with E-state index >= 15 is 4.39 Å². The first kappa shape index (κ1) is 26.7. The molecule has 0 N–H and O–H groups in total. The van der Waals surface area contributed by atoms with Crippen LogP contribution >= 0.6 is 11.8 Å². The van der Waals surface area contributed by atoms with Crippen LogP contribution in [-0.2, 0) is 33.8 Å². The zero-order valence-corrected chi connectivity index (χ0v) is 22.5. The molecule has 0 amide bonds. The lowest BCUT2D eigenvalue weighted by Gasteiger charge is -2.23. The maximum Gasteiger partial charge on any atom is 0.343 e. The van der Waals surface area contributed by atoms with Crippen LogP contribution in [0, 0.1) is 0 Å². The monoisotopic (exact) mass is 516 g/mol. The van der Waals surface area contributed by atoms with E-state index in [9.17, 15) is 4.79 Å². The van der Waals surface area contributed by atoms with Crippen LogP contribution in [0.5, 0.6) is 5.75 Å². The first-order valence-electron chi connectivity index (χ1n) is 12.5. The molecule has 37 heavy (non-hydrogen) atoms. The van der Waals surface area contributed by atoms with E-state index in [-0.39, 0.29) is 12.6 Å². The van der Waals surface area contributed by atoms with Crippen molar-refractivity contribution in [3.63, 3.8) is 0 Å². The number of carbonyl (C=O) groups is 1. The Hall–Kier alpha value is -3.31. The van der Waals surface area contributed by atoms with Crippen molar-refractivity contribution in [2.45, 2.75) is 49.4 Å². The van der Waals surface area contributed by atoms with Crippen molar-refractivity contribution in [2.24, 2.45) is 0 Å². The lowest BCUT2D eigenvalue weighted by atomic mass is 9.88. The molecule has 0 spiro atoms. The highest BCUT2D eigenvalue weighted by atomic mass is 32.2. The van der Waals surface area contributed by atoms with Crippen LogP contribution in [0.15, 0.2) is 89.9 Å². The van der Waals surface area contributed by atoms with Gasteiger partial charge in [0.2, 0.25) is 0 Å². The fourth-order valence-electron chi connectivity index (χ4n) is 4.68. The molecule has 3 aromatic carbocycles. The number of carbonyl (C=O) groups excluding carboxylic acids is 1. The highest BCUT2D eigenvalue weighted by Crippen LogP contribution is 2.39. The van der Waals surface area contributed by atoms with Gasteiger partial charge in [0.05, 0.1) is 7.11 Å². The number of methoxy groups -OCH3 is 1. The highest BCUT2D eigenvalue weighted by molar-refractivity contribution is 7.98. The molecule has 3 aromatic rings. The van der Waals surface area contributed by atoms with E-state index in [1.165, 1.54) is 28.7 Å². The van der Waals surface area contributed by atoms with Crippen molar-refractivity contribution in [1.82, 2.24) is 0 Å². The van der Waals surface area contributed by atoms with E-state index < -0.39 is 5.67 Å². The van der Waals surface area contributed by atoms with Crippen molar-refractivity contribution in [2.75, 3.05) is 13.7 Å². The van der Waals surface area contributed by atoms with Gasteiger partial charge in [-0.05, 0) is 90.3 Å². The number of rotatable bonds is 10. The Morgan fingerprint density at radius 2 is 1.68 bits per heavy atom. The molecule has 1 unspecified atom stereocenters. The summed E-state index contributed by atoms with van der Waals surface area (Å²) >= 11 is 1.83. The van der Waals surface area contributed by atoms with Crippen LogP contribution in [0.25, 0.3) is 11.1 Å². The minimum absolute atomic E-state index is 0.0666. The number of halogens is 1. The molecule has 0 radical (unpaired) electrons. The van der Waals surface area contributed by atoms with Gasteiger partial charge in [-0.15, -0.1) is 11.8 Å². The minimum atomic E-state index is -1.65. The molecule has 0 fully saturated rings. The summed E-state index contributed by atoms with van der Waals surface area (Å²) in [5.41, 5.74) is 5.33. The van der Waals surface area contributed by atoms with Gasteiger partial charge in [0.25, 0.3) is 0 Å². The van der Waals surface area contributed by atoms with Gasteiger partial charge in [-0.2, -0.15) is 0 Å². The van der Waals surface area contributed by atoms with Crippen LogP contribution in [0.1, 0.15) is 42.5 Å². The Labute approximate surface area is 223 Å². The largest absolute Gasteiger partial charge is 0.482 e. The van der Waals surface area contributed by atoms with Crippen molar-refractivity contribution >= 4 is 17.7 Å². The van der Waals surface area contributed by atoms with E-state index in [4.69, 9.17) is 4.74 Å². The van der Waals surface area contributed by atoms with Crippen LogP contribution in [-0.4, -0.2) is 19.7 Å². The predicted molar refractivity (Wildman–Crippen MR) is 150 cm³/mol. The molecular weight excluding hydrogens is 483 g/mol. The van der Waals surface area contributed by atoms with E-state index in [0.29, 0.717) is 11.1 Å². The molecule has 0 aliphatic heterocycles. The summed E-state index contributed by atoms with van der Waals surface area (Å²) < 4.78 is 25.8. The molecule has 1 aliphatic rings. The second-order valence-corrected chi connectivity index (χ2v) is 10.3. The number of esters is 1. The molecule has 1 aliphatic carbocycles. The Morgan fingerprint density at radius 3 is 2.30 bits per heavy atom. The molecule has 0 saturated carbocycles. The number of fused-ring (bicyclic) bond motifs is 1. The molecule has 1 atom stereocenters. The van der Waals surface area contributed by atoms with E-state index in [1.54, 1.807) is 19.1 Å². The smallest absolute Gasteiger partial charge is 0.343 e. The Morgan fingerprint density at radius 1 is 1.03 bits per heavy atom. The minimum Gasteiger partial charge on any atom is -0.482 e. The van der Waals surface area contributed by atoms with Gasteiger partial charge in [0.1, 0.15) is 5.75 Å². The van der Waals surface area contributed by atoms with Gasteiger partial charge in [0, 0.05) is 10.6 Å². The lowest BCUT2D eigenvalue weighted by Crippen LogP contribution is -2.17. The summed E-state index contributed by atoms with van der Waals surface area (Å²) in [5.74, 6) is 1.28. The average molecular weight is 517 g/mol. The van der Waals surface area contributed by atoms with Gasteiger partial charge in [-0.3, -0.25) is 0 Å². The van der Waals surface area contributed by atoms with E-state index in [0.717, 1.165) is 41.9 Å². The molecule has 192 valence electrons. The van der Waals surface area contributed by atoms with Crippen molar-refractivity contribution < 1.29 is 18.7 Å². The van der Waals surface area contributed by atoms with E-state index in [2.05, 4.69) is 41.6 Å². The number of ether oxygens (including phenoxy) is 2. The van der Waals surface area contributed by atoms with Gasteiger partial charge >= 0.3 is 5.97 Å². The average Bonchev–Trinajstić information content (AvgIpc) is 3.42. The van der Waals surface area contributed by atoms with Crippen LogP contribution < -0.4 is 4.74 Å². The quantitative estimate of drug-likeness (QED) is 0.155. The summed E-state index contributed by atoms with van der Waals surface area (Å²) in [6.45, 7) is 7.30. The molecule has 0 heterocycles. The van der Waals surface area contributed by atoms with Crippen LogP contribution in [0.2, 0.25) is 0 Å². The molecule has 3 nitrogen and oxygen atoms in total. The number of thioether (sulfide) groups is 1. The fraction of sp³-hybridized carbons (Fsp3) is 0.281. The molecule has 5 heteroatoms. The van der Waals surface area contributed by atoms with Crippen molar-refractivity contribution in [3.8, 4) is 16.9 Å². The molecular formula is C32H33FO3S. The summed E-state index contributed by atoms with van der Waals surface area (Å²) in [4.78, 5) is 12.7. The number of alkyl halides is 1. The summed E-state index contributed by atoms with van der Waals surface area (Å²) in [6, 6.07) is 20.2. The SMILES string of the molecule is C=C(C)C(F)(/C=C/C)c1ccc(-c2ccc(CSc3ccc(OCC(=O)OC)c4c3CCC4)cc2)cc1. The second kappa shape index (κ2) is 11.8. The van der Waals surface area contributed by atoms with Gasteiger partial charge in [-0.1, -0.05) is 61.2 Å². The van der Waals surface area contributed by atoms with Crippen LogP contribution in [0.3, 0.4) is 0 Å². The molecule has 0 saturated heterocycles. The maximum atomic E-state index is 15.4. The Bertz CT molecular complexity index is 1290. The summed E-state index contributed by atoms with van der Waals surface area (Å²) in [7, 11) is 1.37. The van der Waals surface area contributed by atoms with Gasteiger partial charge < -0.3 is 9.47 Å². The topological polar surface area (TPSA) is 35.5 Å². The van der Waals surface area contributed by atoms with Crippen molar-refractivity contribution in [3.05, 3.63) is 107 Å². The van der Waals surface area contributed by atoms with Gasteiger partial charge in [-0.25, -0.2) is 9.18 Å². The van der Waals surface area contributed by atoms with Crippen LogP contribution in [0.4, 0.5) is 4.39 Å². The normalized spacial score (nSPS) is 14.3. The third kappa shape index (κ3) is 5.99. The zero-order valence-electron chi connectivity index (χ0n) is 21.7. The van der Waals surface area contributed by atoms with E-state index in [1.807, 2.05) is 49.0 Å². The predicted octanol–water partition coefficient (Wildman–Crippen LogP) is 8.00. The number of hydrogen-bond acceptors (Lipinski definition) is 4. The maximum absolute atomic E-state index is 15.4. The second-order valence-electron chi connectivity index (χ2n) is 9.29. The van der Waals surface area contributed by atoms with Gasteiger partial charge in [0.15, 0.2) is 12.3 Å². The summed E-state index contributed by atoms with van der Waals surface area (Å²) in [6.07, 6.45) is 6.37. The molecule has 0 bridgehead atoms. The van der Waals surface area contributed by atoms with Crippen molar-refractivity contribution in [1.29, 1.82) is 0 Å². The Balaban J connectivity index is 1.43. The first-order chi connectivity index (χ1) is 17.9.